The maximum absolute atomic E-state index is 12.8. The van der Waals surface area contributed by atoms with Crippen molar-refractivity contribution in [3.8, 4) is 0 Å². The van der Waals surface area contributed by atoms with Gasteiger partial charge in [0.15, 0.2) is 11.6 Å². The van der Waals surface area contributed by atoms with Crippen molar-refractivity contribution in [3.63, 3.8) is 0 Å². The van der Waals surface area contributed by atoms with E-state index in [1.54, 1.807) is 0 Å². The highest BCUT2D eigenvalue weighted by molar-refractivity contribution is 5.48. The normalized spacial score (nSPS) is 10.6. The Hall–Kier alpha value is -1.38. The van der Waals surface area contributed by atoms with E-state index in [1.807, 2.05) is 0 Å². The van der Waals surface area contributed by atoms with Gasteiger partial charge in [-0.05, 0) is 12.1 Å². The average Bonchev–Trinajstić information content (AvgIpc) is 2.08. The van der Waals surface area contributed by atoms with E-state index in [-0.39, 0.29) is 5.56 Å². The minimum atomic E-state index is -0.856. The second kappa shape index (κ2) is 3.85. The van der Waals surface area contributed by atoms with Crippen LogP contribution in [0.25, 0.3) is 6.08 Å². The fraction of sp³-hybridized carbons (Fsp3) is 0.111. The van der Waals surface area contributed by atoms with E-state index < -0.39 is 11.6 Å². The van der Waals surface area contributed by atoms with Gasteiger partial charge in [-0.15, -0.1) is 0 Å². The molecule has 0 N–H and O–H groups in total. The number of benzene rings is 1. The Bertz CT molecular complexity index is 295. The minimum absolute atomic E-state index is 0.178. The molecule has 1 aromatic carbocycles. The quantitative estimate of drug-likeness (QED) is 0.620. The lowest BCUT2D eigenvalue weighted by Crippen LogP contribution is -1.86. The summed E-state index contributed by atoms with van der Waals surface area (Å²) in [6.45, 7) is 0. The van der Waals surface area contributed by atoms with Crippen LogP contribution in [0.1, 0.15) is 5.56 Å². The summed E-state index contributed by atoms with van der Waals surface area (Å²) in [6, 6.07) is 3.97. The second-order valence-electron chi connectivity index (χ2n) is 2.18. The third-order valence-corrected chi connectivity index (χ3v) is 1.37. The summed E-state index contributed by atoms with van der Waals surface area (Å²) in [5.41, 5.74) is 0.178. The van der Waals surface area contributed by atoms with Crippen LogP contribution in [0, 0.1) is 11.6 Å². The Kier molecular flexibility index (Phi) is 2.80. The molecule has 1 aromatic rings. The van der Waals surface area contributed by atoms with Gasteiger partial charge in [-0.3, -0.25) is 0 Å². The van der Waals surface area contributed by atoms with Crippen LogP contribution in [-0.4, -0.2) is 7.11 Å². The molecule has 0 amide bonds. The van der Waals surface area contributed by atoms with Crippen molar-refractivity contribution in [1.29, 1.82) is 0 Å². The van der Waals surface area contributed by atoms with Crippen molar-refractivity contribution < 1.29 is 13.5 Å². The summed E-state index contributed by atoms with van der Waals surface area (Å²) in [6.07, 6.45) is 2.65. The van der Waals surface area contributed by atoms with Crippen LogP contribution in [-0.2, 0) is 4.74 Å². The Balaban J connectivity index is 3.00. The predicted molar refractivity (Wildman–Crippen MR) is 42.4 cm³/mol. The van der Waals surface area contributed by atoms with Crippen LogP contribution in [0.3, 0.4) is 0 Å². The Labute approximate surface area is 69.3 Å². The topological polar surface area (TPSA) is 9.23 Å². The molecule has 0 heterocycles. The number of ether oxygens (including phenoxy) is 1. The van der Waals surface area contributed by atoms with Crippen LogP contribution in [0.15, 0.2) is 24.5 Å². The molecule has 0 unspecified atom stereocenters. The van der Waals surface area contributed by atoms with Crippen molar-refractivity contribution in [3.05, 3.63) is 41.7 Å². The Morgan fingerprint density at radius 1 is 1.33 bits per heavy atom. The molecule has 0 spiro atoms. The molecule has 3 heteroatoms. The van der Waals surface area contributed by atoms with Gasteiger partial charge < -0.3 is 4.74 Å². The molecule has 0 saturated heterocycles. The molecule has 0 radical (unpaired) electrons. The minimum Gasteiger partial charge on any atom is -0.504 e. The number of rotatable bonds is 2. The molecule has 0 aliphatic rings. The lowest BCUT2D eigenvalue weighted by molar-refractivity contribution is 0.341. The molecule has 0 atom stereocenters. The first-order valence-corrected chi connectivity index (χ1v) is 3.39. The van der Waals surface area contributed by atoms with Gasteiger partial charge in [0.05, 0.1) is 13.4 Å². The molecule has 1 rings (SSSR count). The first-order chi connectivity index (χ1) is 5.75. The summed E-state index contributed by atoms with van der Waals surface area (Å²) in [7, 11) is 1.44. The van der Waals surface area contributed by atoms with Crippen molar-refractivity contribution >= 4 is 6.08 Å². The fourth-order valence-electron chi connectivity index (χ4n) is 0.791. The molecule has 0 fully saturated rings. The van der Waals surface area contributed by atoms with Crippen LogP contribution in [0.5, 0.6) is 0 Å². The van der Waals surface area contributed by atoms with Crippen molar-refractivity contribution in [2.45, 2.75) is 0 Å². The largest absolute Gasteiger partial charge is 0.504 e. The standard InChI is InChI=1S/C9H8F2O/c1-12-6-5-7-3-2-4-8(10)9(7)11/h2-6H,1H3/b6-5+. The molecule has 12 heavy (non-hydrogen) atoms. The van der Waals surface area contributed by atoms with Gasteiger partial charge in [-0.2, -0.15) is 0 Å². The molecule has 64 valence electrons. The average molecular weight is 170 g/mol. The first kappa shape index (κ1) is 8.71. The number of hydrogen-bond donors (Lipinski definition) is 0. The maximum atomic E-state index is 12.8. The highest BCUT2D eigenvalue weighted by Crippen LogP contribution is 2.12. The molecule has 0 saturated carbocycles. The van der Waals surface area contributed by atoms with E-state index in [9.17, 15) is 8.78 Å². The lowest BCUT2D eigenvalue weighted by Gasteiger charge is -1.96. The van der Waals surface area contributed by atoms with Crippen LogP contribution in [0.2, 0.25) is 0 Å². The second-order valence-corrected chi connectivity index (χ2v) is 2.18. The van der Waals surface area contributed by atoms with Gasteiger partial charge >= 0.3 is 0 Å². The zero-order valence-corrected chi connectivity index (χ0v) is 6.55. The maximum Gasteiger partial charge on any atom is 0.166 e. The lowest BCUT2D eigenvalue weighted by atomic mass is 10.2. The zero-order valence-electron chi connectivity index (χ0n) is 6.55. The number of hydrogen-bond acceptors (Lipinski definition) is 1. The van der Waals surface area contributed by atoms with E-state index in [1.165, 1.54) is 31.6 Å². The highest BCUT2D eigenvalue weighted by atomic mass is 19.2. The predicted octanol–water partition coefficient (Wildman–Crippen LogP) is 2.58. The van der Waals surface area contributed by atoms with Crippen molar-refractivity contribution in [1.82, 2.24) is 0 Å². The molecular weight excluding hydrogens is 162 g/mol. The third-order valence-electron chi connectivity index (χ3n) is 1.37. The van der Waals surface area contributed by atoms with Crippen molar-refractivity contribution in [2.24, 2.45) is 0 Å². The van der Waals surface area contributed by atoms with E-state index in [0.717, 1.165) is 6.07 Å². The number of halogens is 2. The van der Waals surface area contributed by atoms with Gasteiger partial charge in [0.25, 0.3) is 0 Å². The Morgan fingerprint density at radius 2 is 2.08 bits per heavy atom. The summed E-state index contributed by atoms with van der Waals surface area (Å²) < 4.78 is 30.0. The van der Waals surface area contributed by atoms with E-state index >= 15 is 0 Å². The number of methoxy groups -OCH3 is 1. The summed E-state index contributed by atoms with van der Waals surface area (Å²) in [4.78, 5) is 0. The molecular formula is C9H8F2O. The van der Waals surface area contributed by atoms with E-state index in [4.69, 9.17) is 0 Å². The Morgan fingerprint density at radius 3 is 2.75 bits per heavy atom. The summed E-state index contributed by atoms with van der Waals surface area (Å²) in [5, 5.41) is 0. The van der Waals surface area contributed by atoms with Gasteiger partial charge in [0.2, 0.25) is 0 Å². The van der Waals surface area contributed by atoms with Crippen LogP contribution in [0.4, 0.5) is 8.78 Å². The SMILES string of the molecule is CO/C=C/c1cccc(F)c1F. The summed E-state index contributed by atoms with van der Waals surface area (Å²) in [5.74, 6) is -1.71. The van der Waals surface area contributed by atoms with Crippen molar-refractivity contribution in [2.75, 3.05) is 7.11 Å². The molecule has 0 bridgehead atoms. The smallest absolute Gasteiger partial charge is 0.166 e. The van der Waals surface area contributed by atoms with Gasteiger partial charge in [-0.25, -0.2) is 8.78 Å². The van der Waals surface area contributed by atoms with E-state index in [2.05, 4.69) is 4.74 Å². The van der Waals surface area contributed by atoms with Gasteiger partial charge in [-0.1, -0.05) is 12.1 Å². The molecule has 0 aromatic heterocycles. The van der Waals surface area contributed by atoms with Gasteiger partial charge in [0.1, 0.15) is 0 Å². The van der Waals surface area contributed by atoms with Crippen LogP contribution >= 0.6 is 0 Å². The summed E-state index contributed by atoms with van der Waals surface area (Å²) >= 11 is 0. The molecule has 1 nitrogen and oxygen atoms in total. The molecule has 0 aliphatic carbocycles. The molecule has 0 aliphatic heterocycles. The first-order valence-electron chi connectivity index (χ1n) is 3.39. The highest BCUT2D eigenvalue weighted by Gasteiger charge is 2.03. The fourth-order valence-corrected chi connectivity index (χ4v) is 0.791. The van der Waals surface area contributed by atoms with Crippen LogP contribution < -0.4 is 0 Å². The zero-order chi connectivity index (χ0) is 8.97. The van der Waals surface area contributed by atoms with Gasteiger partial charge in [0, 0.05) is 5.56 Å². The van der Waals surface area contributed by atoms with E-state index in [0.29, 0.717) is 0 Å². The monoisotopic (exact) mass is 170 g/mol. The third kappa shape index (κ3) is 1.81.